The van der Waals surface area contributed by atoms with Gasteiger partial charge in [-0.2, -0.15) is 9.50 Å². The molecule has 3 aromatic heterocycles. The van der Waals surface area contributed by atoms with E-state index in [9.17, 15) is 4.79 Å². The number of nitrogen functional groups attached to an aromatic ring is 1. The largest absolute Gasteiger partial charge is 0.491 e. The number of nitrogens with zero attached hydrogens (tertiary/aromatic N) is 6. The fourth-order valence-corrected chi connectivity index (χ4v) is 4.62. The molecule has 5 rings (SSSR count). The molecule has 0 unspecified atom stereocenters. The van der Waals surface area contributed by atoms with Crippen molar-refractivity contribution in [2.45, 2.75) is 19.4 Å². The number of carbonyl (C=O) groups is 1. The Labute approximate surface area is 231 Å². The molecule has 0 spiro atoms. The number of nitrogens with one attached hydrogen (secondary N) is 2. The standard InChI is InChI=1S/C27H33N9O4/c1-27(2,25(37)35-12-10-34(11-13-35)18-6-8-19(9-7-18)39-16-15-38-3)32-22-20(17-28)24-30-23(21-5-4-14-40-21)33-36(24)26(29)31-22/h4-9,14,17,28,32H,10-13,15-16H2,1-3H3,(H2,29,31). The SMILES string of the molecule is COCCOc1ccc(N2CCN(C(=O)C(C)(C)Nc3nc(N)n4nc(-c5ccco5)nc4c3C=N)CC2)cc1. The lowest BCUT2D eigenvalue weighted by atomic mass is 10.0. The number of aromatic nitrogens is 4. The first-order chi connectivity index (χ1) is 19.3. The minimum absolute atomic E-state index is 0.0698. The molecule has 4 heterocycles. The van der Waals surface area contributed by atoms with Crippen LogP contribution in [-0.4, -0.2) is 88.6 Å². The molecule has 13 nitrogen and oxygen atoms in total. The van der Waals surface area contributed by atoms with Crippen LogP contribution < -0.4 is 20.7 Å². The lowest BCUT2D eigenvalue weighted by Crippen LogP contribution is -2.56. The second-order valence-electron chi connectivity index (χ2n) is 9.89. The van der Waals surface area contributed by atoms with Crippen LogP contribution >= 0.6 is 0 Å². The molecule has 1 aliphatic heterocycles. The zero-order valence-corrected chi connectivity index (χ0v) is 22.8. The van der Waals surface area contributed by atoms with Crippen LogP contribution in [0.15, 0.2) is 47.1 Å². The Morgan fingerprint density at radius 1 is 1.15 bits per heavy atom. The Kier molecular flexibility index (Phi) is 7.56. The van der Waals surface area contributed by atoms with E-state index in [0.717, 1.165) is 17.7 Å². The third-order valence-electron chi connectivity index (χ3n) is 6.72. The molecule has 4 aromatic rings. The van der Waals surface area contributed by atoms with Crippen molar-refractivity contribution >= 4 is 35.2 Å². The highest BCUT2D eigenvalue weighted by atomic mass is 16.5. The second-order valence-corrected chi connectivity index (χ2v) is 9.89. The van der Waals surface area contributed by atoms with Crippen molar-refractivity contribution in [2.75, 3.05) is 62.5 Å². The fraction of sp³-hybridized carbons (Fsp3) is 0.370. The van der Waals surface area contributed by atoms with Crippen LogP contribution in [0.1, 0.15) is 19.4 Å². The number of carbonyl (C=O) groups excluding carboxylic acids is 1. The van der Waals surface area contributed by atoms with Crippen LogP contribution in [0.5, 0.6) is 5.75 Å². The first kappa shape index (κ1) is 26.9. The van der Waals surface area contributed by atoms with Gasteiger partial charge in [-0.25, -0.2) is 4.98 Å². The summed E-state index contributed by atoms with van der Waals surface area (Å²) in [4.78, 5) is 26.6. The zero-order chi connectivity index (χ0) is 28.3. The van der Waals surface area contributed by atoms with Crippen molar-refractivity contribution in [3.8, 4) is 17.3 Å². The van der Waals surface area contributed by atoms with Crippen molar-refractivity contribution < 1.29 is 18.7 Å². The maximum atomic E-state index is 13.6. The van der Waals surface area contributed by atoms with Crippen LogP contribution in [0.3, 0.4) is 0 Å². The van der Waals surface area contributed by atoms with Gasteiger partial charge in [-0.3, -0.25) is 4.79 Å². The average Bonchev–Trinajstić information content (AvgIpc) is 3.64. The highest BCUT2D eigenvalue weighted by Gasteiger charge is 2.35. The molecule has 1 saturated heterocycles. The zero-order valence-electron chi connectivity index (χ0n) is 22.8. The van der Waals surface area contributed by atoms with Gasteiger partial charge in [-0.1, -0.05) is 0 Å². The summed E-state index contributed by atoms with van der Waals surface area (Å²) in [5, 5.41) is 15.6. The Hall–Kier alpha value is -4.65. The third kappa shape index (κ3) is 5.41. The van der Waals surface area contributed by atoms with E-state index in [4.69, 9.17) is 25.0 Å². The van der Waals surface area contributed by atoms with Gasteiger partial charge in [0, 0.05) is 45.2 Å². The number of hydrogen-bond acceptors (Lipinski definition) is 11. The molecule has 0 saturated carbocycles. The highest BCUT2D eigenvalue weighted by Crippen LogP contribution is 2.27. The molecule has 0 radical (unpaired) electrons. The van der Waals surface area contributed by atoms with E-state index in [-0.39, 0.29) is 17.7 Å². The summed E-state index contributed by atoms with van der Waals surface area (Å²) >= 11 is 0. The molecule has 0 atom stereocenters. The normalized spacial score (nSPS) is 14.0. The summed E-state index contributed by atoms with van der Waals surface area (Å²) in [6.45, 7) is 7.15. The van der Waals surface area contributed by atoms with Gasteiger partial charge in [0.25, 0.3) is 0 Å². The summed E-state index contributed by atoms with van der Waals surface area (Å²) in [5.74, 6) is 1.85. The molecule has 13 heteroatoms. The van der Waals surface area contributed by atoms with Crippen molar-refractivity contribution in [2.24, 2.45) is 0 Å². The van der Waals surface area contributed by atoms with Crippen molar-refractivity contribution in [1.82, 2.24) is 24.5 Å². The smallest absolute Gasteiger partial charge is 0.247 e. The summed E-state index contributed by atoms with van der Waals surface area (Å²) < 4.78 is 17.4. The van der Waals surface area contributed by atoms with Gasteiger partial charge in [0.05, 0.1) is 18.4 Å². The average molecular weight is 548 g/mol. The quantitative estimate of drug-likeness (QED) is 0.199. The molecule has 4 N–H and O–H groups in total. The van der Waals surface area contributed by atoms with Crippen molar-refractivity contribution in [3.05, 3.63) is 48.2 Å². The lowest BCUT2D eigenvalue weighted by Gasteiger charge is -2.40. The van der Waals surface area contributed by atoms with Gasteiger partial charge >= 0.3 is 0 Å². The summed E-state index contributed by atoms with van der Waals surface area (Å²) in [7, 11) is 1.64. The molecule has 1 aromatic carbocycles. The van der Waals surface area contributed by atoms with E-state index >= 15 is 0 Å². The number of methoxy groups -OCH3 is 1. The van der Waals surface area contributed by atoms with Gasteiger partial charge in [-0.15, -0.1) is 5.10 Å². The van der Waals surface area contributed by atoms with Crippen LogP contribution in [0.25, 0.3) is 17.2 Å². The van der Waals surface area contributed by atoms with Gasteiger partial charge < -0.3 is 40.2 Å². The highest BCUT2D eigenvalue weighted by molar-refractivity contribution is 5.95. The van der Waals surface area contributed by atoms with Gasteiger partial charge in [0.2, 0.25) is 17.7 Å². The van der Waals surface area contributed by atoms with Crippen LogP contribution in [0.2, 0.25) is 0 Å². The predicted molar refractivity (Wildman–Crippen MR) is 151 cm³/mol. The molecular formula is C27H33N9O4. The minimum Gasteiger partial charge on any atom is -0.491 e. The fourth-order valence-electron chi connectivity index (χ4n) is 4.62. The molecule has 0 aliphatic carbocycles. The van der Waals surface area contributed by atoms with E-state index in [1.165, 1.54) is 10.8 Å². The minimum atomic E-state index is -1.03. The number of amides is 1. The number of nitrogens with two attached hydrogens (primary N) is 1. The van der Waals surface area contributed by atoms with Gasteiger partial charge in [-0.05, 0) is 50.2 Å². The number of anilines is 3. The van der Waals surface area contributed by atoms with E-state index in [1.807, 2.05) is 29.2 Å². The maximum absolute atomic E-state index is 13.6. The molecule has 210 valence electrons. The van der Waals surface area contributed by atoms with E-state index < -0.39 is 5.54 Å². The Morgan fingerprint density at radius 3 is 2.55 bits per heavy atom. The van der Waals surface area contributed by atoms with Crippen LogP contribution in [0, 0.1) is 5.41 Å². The number of rotatable bonds is 10. The van der Waals surface area contributed by atoms with E-state index in [1.54, 1.807) is 33.1 Å². The predicted octanol–water partition coefficient (Wildman–Crippen LogP) is 2.53. The Bertz CT molecular complexity index is 1470. The summed E-state index contributed by atoms with van der Waals surface area (Å²) in [6.07, 6.45) is 2.65. The third-order valence-corrected chi connectivity index (χ3v) is 6.72. The van der Waals surface area contributed by atoms with Gasteiger partial charge in [0.1, 0.15) is 23.7 Å². The molecule has 1 fully saturated rings. The monoisotopic (exact) mass is 547 g/mol. The maximum Gasteiger partial charge on any atom is 0.247 e. The second kappa shape index (κ2) is 11.2. The molecule has 1 amide bonds. The topological polar surface area (TPSA) is 160 Å². The van der Waals surface area contributed by atoms with E-state index in [2.05, 4.69) is 25.3 Å². The molecule has 1 aliphatic rings. The van der Waals surface area contributed by atoms with Crippen molar-refractivity contribution in [3.63, 3.8) is 0 Å². The molecular weight excluding hydrogens is 514 g/mol. The Morgan fingerprint density at radius 2 is 1.90 bits per heavy atom. The van der Waals surface area contributed by atoms with Crippen LogP contribution in [-0.2, 0) is 9.53 Å². The number of furan rings is 1. The van der Waals surface area contributed by atoms with E-state index in [0.29, 0.717) is 62.2 Å². The van der Waals surface area contributed by atoms with Gasteiger partial charge in [0.15, 0.2) is 11.4 Å². The number of benzene rings is 1. The molecule has 40 heavy (non-hydrogen) atoms. The summed E-state index contributed by atoms with van der Waals surface area (Å²) in [5.41, 5.74) is 6.94. The first-order valence-electron chi connectivity index (χ1n) is 13.0. The summed E-state index contributed by atoms with van der Waals surface area (Å²) in [6, 6.07) is 11.4. The van der Waals surface area contributed by atoms with Crippen molar-refractivity contribution in [1.29, 1.82) is 5.41 Å². The number of hydrogen-bond donors (Lipinski definition) is 3. The van der Waals surface area contributed by atoms with Crippen LogP contribution in [0.4, 0.5) is 17.5 Å². The number of ether oxygens (including phenoxy) is 2. The number of piperazine rings is 1. The Balaban J connectivity index is 1.26. The molecule has 0 bridgehead atoms. The first-order valence-corrected chi connectivity index (χ1v) is 13.0. The lowest BCUT2D eigenvalue weighted by molar-refractivity contribution is -0.135. The number of fused-ring (bicyclic) bond motifs is 1.